The van der Waals surface area contributed by atoms with Gasteiger partial charge >= 0.3 is 6.18 Å². The second kappa shape index (κ2) is 7.34. The lowest BCUT2D eigenvalue weighted by atomic mass is 10.1. The van der Waals surface area contributed by atoms with Crippen molar-refractivity contribution in [1.29, 1.82) is 0 Å². The molecule has 0 saturated carbocycles. The number of rotatable bonds is 5. The average Bonchev–Trinajstić information content (AvgIpc) is 3.07. The van der Waals surface area contributed by atoms with Crippen molar-refractivity contribution in [2.24, 2.45) is 0 Å². The number of carbonyl (C=O) groups excluding carboxylic acids is 1. The van der Waals surface area contributed by atoms with Crippen molar-refractivity contribution in [1.82, 2.24) is 25.3 Å². The number of nitrogens with zero attached hydrogens (tertiary/aromatic N) is 4. The Labute approximate surface area is 146 Å². The minimum atomic E-state index is -4.36. The third-order valence-corrected chi connectivity index (χ3v) is 3.57. The molecule has 3 rings (SSSR count). The number of nitrogens with one attached hydrogen (secondary N) is 1. The van der Waals surface area contributed by atoms with Crippen LogP contribution in [0.2, 0.25) is 0 Å². The van der Waals surface area contributed by atoms with Crippen LogP contribution in [0.1, 0.15) is 27.2 Å². The van der Waals surface area contributed by atoms with Gasteiger partial charge in [0.2, 0.25) is 0 Å². The minimum absolute atomic E-state index is 0.181. The van der Waals surface area contributed by atoms with Crippen molar-refractivity contribution in [2.45, 2.75) is 19.3 Å². The molecule has 3 aromatic rings. The molecule has 0 fully saturated rings. The lowest BCUT2D eigenvalue weighted by Crippen LogP contribution is -2.23. The molecule has 26 heavy (non-hydrogen) atoms. The number of hydrogen-bond donors (Lipinski definition) is 1. The smallest absolute Gasteiger partial charge is 0.346 e. The zero-order chi connectivity index (χ0) is 18.6. The van der Waals surface area contributed by atoms with Gasteiger partial charge in [-0.1, -0.05) is 17.3 Å². The van der Waals surface area contributed by atoms with E-state index in [4.69, 9.17) is 0 Å². The Balaban J connectivity index is 1.57. The predicted octanol–water partition coefficient (Wildman–Crippen LogP) is 2.67. The van der Waals surface area contributed by atoms with Gasteiger partial charge in [0.05, 0.1) is 30.4 Å². The van der Waals surface area contributed by atoms with Gasteiger partial charge in [0, 0.05) is 12.4 Å². The van der Waals surface area contributed by atoms with Gasteiger partial charge in [-0.05, 0) is 29.8 Å². The predicted molar refractivity (Wildman–Crippen MR) is 86.0 cm³/mol. The summed E-state index contributed by atoms with van der Waals surface area (Å²) in [4.78, 5) is 15.8. The molecule has 1 aromatic carbocycles. The van der Waals surface area contributed by atoms with Crippen LogP contribution in [0.15, 0.2) is 55.0 Å². The summed E-state index contributed by atoms with van der Waals surface area (Å²) in [6.07, 6.45) is 0.299. The number of alkyl halides is 3. The molecule has 0 saturated heterocycles. The lowest BCUT2D eigenvalue weighted by Gasteiger charge is -2.07. The molecule has 0 aliphatic rings. The summed E-state index contributed by atoms with van der Waals surface area (Å²) in [6, 6.07) is 8.16. The maximum Gasteiger partial charge on any atom is 0.416 e. The fourth-order valence-electron chi connectivity index (χ4n) is 2.25. The lowest BCUT2D eigenvalue weighted by molar-refractivity contribution is -0.137. The normalized spacial score (nSPS) is 11.3. The molecule has 2 heterocycles. The number of carbonyl (C=O) groups is 1. The van der Waals surface area contributed by atoms with E-state index in [2.05, 4.69) is 20.6 Å². The molecule has 134 valence electrons. The maximum absolute atomic E-state index is 12.6. The summed E-state index contributed by atoms with van der Waals surface area (Å²) >= 11 is 0. The summed E-state index contributed by atoms with van der Waals surface area (Å²) in [5.41, 5.74) is 0.936. The van der Waals surface area contributed by atoms with Crippen molar-refractivity contribution >= 4 is 5.91 Å². The topological polar surface area (TPSA) is 72.7 Å². The summed E-state index contributed by atoms with van der Waals surface area (Å²) < 4.78 is 39.2. The standard InChI is InChI=1S/C17H14F3N5O/c18-17(19,20)14-5-3-12(4-6-14)10-25-11-15(23-24-25)9-22-16(26)13-2-1-7-21-8-13/h1-8,11H,9-10H2,(H,22,26). The van der Waals surface area contributed by atoms with Crippen LogP contribution in [0.5, 0.6) is 0 Å². The van der Waals surface area contributed by atoms with E-state index in [1.807, 2.05) is 0 Å². The molecule has 0 bridgehead atoms. The molecule has 1 amide bonds. The molecule has 0 atom stereocenters. The highest BCUT2D eigenvalue weighted by molar-refractivity contribution is 5.93. The van der Waals surface area contributed by atoms with E-state index < -0.39 is 11.7 Å². The Kier molecular flexibility index (Phi) is 4.97. The summed E-state index contributed by atoms with van der Waals surface area (Å²) in [5, 5.41) is 10.5. The van der Waals surface area contributed by atoms with E-state index in [0.29, 0.717) is 16.8 Å². The Bertz CT molecular complexity index is 875. The zero-order valence-electron chi connectivity index (χ0n) is 13.4. The average molecular weight is 361 g/mol. The quantitative estimate of drug-likeness (QED) is 0.758. The number of benzene rings is 1. The monoisotopic (exact) mass is 361 g/mol. The summed E-state index contributed by atoms with van der Waals surface area (Å²) in [6.45, 7) is 0.461. The molecule has 0 aliphatic heterocycles. The van der Waals surface area contributed by atoms with Gasteiger partial charge in [-0.2, -0.15) is 13.2 Å². The molecular weight excluding hydrogens is 347 g/mol. The van der Waals surface area contributed by atoms with Gasteiger partial charge in [0.15, 0.2) is 0 Å². The van der Waals surface area contributed by atoms with Crippen molar-refractivity contribution < 1.29 is 18.0 Å². The van der Waals surface area contributed by atoms with Gasteiger partial charge < -0.3 is 5.32 Å². The molecule has 6 nitrogen and oxygen atoms in total. The highest BCUT2D eigenvalue weighted by Gasteiger charge is 2.29. The number of amides is 1. The number of aromatic nitrogens is 4. The third-order valence-electron chi connectivity index (χ3n) is 3.57. The number of hydrogen-bond acceptors (Lipinski definition) is 4. The van der Waals surface area contributed by atoms with E-state index >= 15 is 0 Å². The first-order valence-corrected chi connectivity index (χ1v) is 7.65. The zero-order valence-corrected chi connectivity index (χ0v) is 13.4. The number of pyridine rings is 1. The third kappa shape index (κ3) is 4.44. The number of halogens is 3. The van der Waals surface area contributed by atoms with E-state index in [1.54, 1.807) is 24.5 Å². The highest BCUT2D eigenvalue weighted by Crippen LogP contribution is 2.29. The molecule has 0 aliphatic carbocycles. The van der Waals surface area contributed by atoms with E-state index in [1.165, 1.54) is 23.0 Å². The molecule has 1 N–H and O–H groups in total. The first-order valence-electron chi connectivity index (χ1n) is 7.65. The minimum Gasteiger partial charge on any atom is -0.346 e. The first kappa shape index (κ1) is 17.6. The van der Waals surface area contributed by atoms with E-state index in [9.17, 15) is 18.0 Å². The second-order valence-electron chi connectivity index (χ2n) is 5.53. The van der Waals surface area contributed by atoms with Crippen LogP contribution in [0.4, 0.5) is 13.2 Å². The van der Waals surface area contributed by atoms with Crippen LogP contribution in [0.3, 0.4) is 0 Å². The van der Waals surface area contributed by atoms with Crippen LogP contribution in [0.25, 0.3) is 0 Å². The largest absolute Gasteiger partial charge is 0.416 e. The molecular formula is C17H14F3N5O. The van der Waals surface area contributed by atoms with Crippen LogP contribution in [-0.4, -0.2) is 25.9 Å². The van der Waals surface area contributed by atoms with Crippen molar-refractivity contribution in [3.8, 4) is 0 Å². The van der Waals surface area contributed by atoms with Crippen LogP contribution >= 0.6 is 0 Å². The van der Waals surface area contributed by atoms with Gasteiger partial charge in [-0.15, -0.1) is 5.10 Å². The van der Waals surface area contributed by atoms with Crippen LogP contribution in [-0.2, 0) is 19.3 Å². The fourth-order valence-corrected chi connectivity index (χ4v) is 2.25. The Hall–Kier alpha value is -3.23. The van der Waals surface area contributed by atoms with Crippen LogP contribution < -0.4 is 5.32 Å². The van der Waals surface area contributed by atoms with Crippen molar-refractivity contribution in [3.63, 3.8) is 0 Å². The Morgan fingerprint density at radius 2 is 1.92 bits per heavy atom. The van der Waals surface area contributed by atoms with Crippen molar-refractivity contribution in [2.75, 3.05) is 0 Å². The van der Waals surface area contributed by atoms with Crippen molar-refractivity contribution in [3.05, 3.63) is 77.4 Å². The maximum atomic E-state index is 12.6. The molecule has 0 unspecified atom stereocenters. The SMILES string of the molecule is O=C(NCc1cn(Cc2ccc(C(F)(F)F)cc2)nn1)c1cccnc1. The molecule has 9 heteroatoms. The van der Waals surface area contributed by atoms with Gasteiger partial charge in [-0.3, -0.25) is 9.78 Å². The Morgan fingerprint density at radius 1 is 1.15 bits per heavy atom. The molecule has 0 radical (unpaired) electrons. The summed E-state index contributed by atoms with van der Waals surface area (Å²) in [7, 11) is 0. The fraction of sp³-hybridized carbons (Fsp3) is 0.176. The van der Waals surface area contributed by atoms with Crippen LogP contribution in [0, 0.1) is 0 Å². The van der Waals surface area contributed by atoms with E-state index in [-0.39, 0.29) is 19.0 Å². The summed E-state index contributed by atoms with van der Waals surface area (Å²) in [5.74, 6) is -0.282. The van der Waals surface area contributed by atoms with Gasteiger partial charge in [0.1, 0.15) is 5.69 Å². The van der Waals surface area contributed by atoms with Gasteiger partial charge in [-0.25, -0.2) is 4.68 Å². The molecule has 2 aromatic heterocycles. The first-order chi connectivity index (χ1) is 12.4. The van der Waals surface area contributed by atoms with Gasteiger partial charge in [0.25, 0.3) is 5.91 Å². The Morgan fingerprint density at radius 3 is 2.58 bits per heavy atom. The molecule has 0 spiro atoms. The van der Waals surface area contributed by atoms with E-state index in [0.717, 1.165) is 12.1 Å². The second-order valence-corrected chi connectivity index (χ2v) is 5.53. The highest BCUT2D eigenvalue weighted by atomic mass is 19.4.